The third kappa shape index (κ3) is 3.21. The molecule has 1 N–H and O–H groups in total. The number of anilines is 1. The molecule has 154 valence electrons. The highest BCUT2D eigenvalue weighted by molar-refractivity contribution is 5.85. The maximum Gasteiger partial charge on any atom is 0.254 e. The van der Waals surface area contributed by atoms with E-state index in [1.165, 1.54) is 5.56 Å². The van der Waals surface area contributed by atoms with Crippen molar-refractivity contribution in [2.75, 3.05) is 31.2 Å². The maximum absolute atomic E-state index is 9.68. The first-order valence-electron chi connectivity index (χ1n) is 9.94. The largest absolute Gasteiger partial charge is 0.388 e. The van der Waals surface area contributed by atoms with Crippen LogP contribution in [0.1, 0.15) is 11.4 Å². The van der Waals surface area contributed by atoms with Gasteiger partial charge >= 0.3 is 0 Å². The van der Waals surface area contributed by atoms with Crippen LogP contribution in [0.25, 0.3) is 28.4 Å². The number of aliphatic hydroxyl groups excluding tert-OH is 1. The van der Waals surface area contributed by atoms with Crippen molar-refractivity contribution in [3.63, 3.8) is 0 Å². The van der Waals surface area contributed by atoms with Crippen molar-refractivity contribution in [3.05, 3.63) is 47.9 Å². The monoisotopic (exact) mass is 405 g/mol. The van der Waals surface area contributed by atoms with Crippen LogP contribution in [0.15, 0.2) is 36.5 Å². The van der Waals surface area contributed by atoms with E-state index in [1.54, 1.807) is 9.25 Å². The first-order valence-corrected chi connectivity index (χ1v) is 9.94. The highest BCUT2D eigenvalue weighted by Gasteiger charge is 2.22. The molecule has 0 aliphatic carbocycles. The van der Waals surface area contributed by atoms with Gasteiger partial charge in [-0.2, -0.15) is 15.1 Å². The van der Waals surface area contributed by atoms with Crippen LogP contribution in [0.4, 0.5) is 5.82 Å². The first kappa shape index (κ1) is 18.7. The van der Waals surface area contributed by atoms with Gasteiger partial charge in [-0.15, -0.1) is 0 Å². The van der Waals surface area contributed by atoms with Gasteiger partial charge in [-0.25, -0.2) is 9.67 Å². The van der Waals surface area contributed by atoms with E-state index in [0.29, 0.717) is 36.2 Å². The molecule has 9 heteroatoms. The van der Waals surface area contributed by atoms with Gasteiger partial charge in [0.2, 0.25) is 0 Å². The standard InChI is InChI=1S/C21H23N7O2/c1-14-4-3-5-15(12-14)16-6-7-28(25-16)21-23-19-18(22-17(13-29)26(19)2)20(24-21)27-8-10-30-11-9-27/h3-7,12,29H,8-11,13H2,1-2H3. The van der Waals surface area contributed by atoms with Crippen molar-refractivity contribution in [2.24, 2.45) is 7.05 Å². The quantitative estimate of drug-likeness (QED) is 0.554. The number of benzene rings is 1. The van der Waals surface area contributed by atoms with Crippen LogP contribution in [0.3, 0.4) is 0 Å². The molecule has 0 amide bonds. The summed E-state index contributed by atoms with van der Waals surface area (Å²) in [5, 5.41) is 14.4. The van der Waals surface area contributed by atoms with E-state index < -0.39 is 0 Å². The van der Waals surface area contributed by atoms with E-state index in [0.717, 1.165) is 30.2 Å². The van der Waals surface area contributed by atoms with Crippen LogP contribution in [0, 0.1) is 6.92 Å². The number of morpholine rings is 1. The summed E-state index contributed by atoms with van der Waals surface area (Å²) in [6.07, 6.45) is 1.87. The highest BCUT2D eigenvalue weighted by Crippen LogP contribution is 2.26. The topological polar surface area (TPSA) is 94.1 Å². The van der Waals surface area contributed by atoms with Gasteiger partial charge in [-0.3, -0.25) is 0 Å². The molecule has 1 aliphatic heterocycles. The fourth-order valence-electron chi connectivity index (χ4n) is 3.71. The number of aliphatic hydroxyl groups is 1. The maximum atomic E-state index is 9.68. The predicted molar refractivity (Wildman–Crippen MR) is 113 cm³/mol. The molecule has 1 aromatic carbocycles. The molecule has 1 fully saturated rings. The van der Waals surface area contributed by atoms with E-state index in [9.17, 15) is 5.11 Å². The molecule has 0 saturated carbocycles. The smallest absolute Gasteiger partial charge is 0.254 e. The molecule has 4 heterocycles. The third-order valence-electron chi connectivity index (χ3n) is 5.34. The van der Waals surface area contributed by atoms with E-state index in [2.05, 4.69) is 28.9 Å². The molecule has 3 aromatic heterocycles. The summed E-state index contributed by atoms with van der Waals surface area (Å²) < 4.78 is 8.98. The number of aromatic nitrogens is 6. The molecule has 1 aliphatic rings. The summed E-state index contributed by atoms with van der Waals surface area (Å²) in [5.41, 5.74) is 4.43. The Hall–Kier alpha value is -3.30. The van der Waals surface area contributed by atoms with Crippen LogP contribution < -0.4 is 4.90 Å². The Morgan fingerprint density at radius 1 is 1.10 bits per heavy atom. The van der Waals surface area contributed by atoms with Crippen molar-refractivity contribution < 1.29 is 9.84 Å². The molecule has 30 heavy (non-hydrogen) atoms. The Balaban J connectivity index is 1.63. The van der Waals surface area contributed by atoms with E-state index in [4.69, 9.17) is 19.8 Å². The van der Waals surface area contributed by atoms with Gasteiger partial charge in [-0.05, 0) is 19.1 Å². The van der Waals surface area contributed by atoms with E-state index >= 15 is 0 Å². The number of aryl methyl sites for hydroxylation is 2. The minimum atomic E-state index is -0.163. The molecule has 4 aromatic rings. The summed E-state index contributed by atoms with van der Waals surface area (Å²) >= 11 is 0. The first-order chi connectivity index (χ1) is 14.6. The highest BCUT2D eigenvalue weighted by atomic mass is 16.5. The zero-order chi connectivity index (χ0) is 20.7. The van der Waals surface area contributed by atoms with Crippen LogP contribution in [-0.4, -0.2) is 60.7 Å². The number of ether oxygens (including phenoxy) is 1. The van der Waals surface area contributed by atoms with E-state index in [1.807, 2.05) is 31.4 Å². The lowest BCUT2D eigenvalue weighted by molar-refractivity contribution is 0.122. The summed E-state index contributed by atoms with van der Waals surface area (Å²) in [6, 6.07) is 10.2. The number of rotatable bonds is 4. The number of imidazole rings is 1. The lowest BCUT2D eigenvalue weighted by Gasteiger charge is -2.28. The van der Waals surface area contributed by atoms with Crippen LogP contribution in [-0.2, 0) is 18.4 Å². The van der Waals surface area contributed by atoms with Gasteiger partial charge in [0.1, 0.15) is 12.4 Å². The Morgan fingerprint density at radius 3 is 2.70 bits per heavy atom. The van der Waals surface area contributed by atoms with Crippen molar-refractivity contribution in [1.29, 1.82) is 0 Å². The second-order valence-electron chi connectivity index (χ2n) is 7.38. The fourth-order valence-corrected chi connectivity index (χ4v) is 3.71. The van der Waals surface area contributed by atoms with Gasteiger partial charge in [0.25, 0.3) is 5.95 Å². The number of nitrogens with zero attached hydrogens (tertiary/aromatic N) is 7. The SMILES string of the molecule is Cc1cccc(-c2ccn(-c3nc(N4CCOCC4)c4nc(CO)n(C)c4n3)n2)c1. The number of fused-ring (bicyclic) bond motifs is 1. The Bertz CT molecular complexity index is 1210. The summed E-state index contributed by atoms with van der Waals surface area (Å²) in [4.78, 5) is 16.3. The van der Waals surface area contributed by atoms with Crippen molar-refractivity contribution in [3.8, 4) is 17.2 Å². The zero-order valence-corrected chi connectivity index (χ0v) is 17.0. The van der Waals surface area contributed by atoms with Crippen molar-refractivity contribution in [2.45, 2.75) is 13.5 Å². The third-order valence-corrected chi connectivity index (χ3v) is 5.34. The van der Waals surface area contributed by atoms with Crippen LogP contribution in [0.5, 0.6) is 0 Å². The van der Waals surface area contributed by atoms with Crippen molar-refractivity contribution in [1.82, 2.24) is 29.3 Å². The van der Waals surface area contributed by atoms with E-state index in [-0.39, 0.29) is 6.61 Å². The summed E-state index contributed by atoms with van der Waals surface area (Å²) in [6.45, 7) is 4.63. The minimum absolute atomic E-state index is 0.163. The molecule has 0 atom stereocenters. The van der Waals surface area contributed by atoms with Gasteiger partial charge < -0.3 is 19.3 Å². The lowest BCUT2D eigenvalue weighted by Crippen LogP contribution is -2.37. The average Bonchev–Trinajstić information content (AvgIpc) is 3.39. The molecule has 9 nitrogen and oxygen atoms in total. The normalized spacial score (nSPS) is 14.6. The van der Waals surface area contributed by atoms with Gasteiger partial charge in [0.15, 0.2) is 17.0 Å². The molecule has 0 unspecified atom stereocenters. The van der Waals surface area contributed by atoms with Gasteiger partial charge in [0.05, 0.1) is 18.9 Å². The fraction of sp³-hybridized carbons (Fsp3) is 0.333. The Kier molecular flexibility index (Phi) is 4.68. The Morgan fingerprint density at radius 2 is 1.93 bits per heavy atom. The number of hydrogen-bond donors (Lipinski definition) is 1. The summed E-state index contributed by atoms with van der Waals surface area (Å²) in [7, 11) is 1.85. The molecule has 5 rings (SSSR count). The summed E-state index contributed by atoms with van der Waals surface area (Å²) in [5.74, 6) is 1.75. The minimum Gasteiger partial charge on any atom is -0.388 e. The predicted octanol–water partition coefficient (Wildman–Crippen LogP) is 1.85. The second-order valence-corrected chi connectivity index (χ2v) is 7.38. The zero-order valence-electron chi connectivity index (χ0n) is 17.0. The van der Waals surface area contributed by atoms with Gasteiger partial charge in [0, 0.05) is 31.9 Å². The molecular weight excluding hydrogens is 382 g/mol. The molecular formula is C21H23N7O2. The molecule has 0 radical (unpaired) electrons. The lowest BCUT2D eigenvalue weighted by atomic mass is 10.1. The van der Waals surface area contributed by atoms with Crippen LogP contribution >= 0.6 is 0 Å². The Labute approximate surface area is 173 Å². The molecule has 0 spiro atoms. The second kappa shape index (κ2) is 7.51. The molecule has 1 saturated heterocycles. The number of hydrogen-bond acceptors (Lipinski definition) is 7. The van der Waals surface area contributed by atoms with Crippen LogP contribution in [0.2, 0.25) is 0 Å². The average molecular weight is 405 g/mol. The van der Waals surface area contributed by atoms with Crippen molar-refractivity contribution >= 4 is 17.0 Å². The molecule has 0 bridgehead atoms. The van der Waals surface area contributed by atoms with Gasteiger partial charge in [-0.1, -0.05) is 23.8 Å².